The molecule has 108 valence electrons. The summed E-state index contributed by atoms with van der Waals surface area (Å²) in [6.45, 7) is -0.201. The quantitative estimate of drug-likeness (QED) is 0.806. The summed E-state index contributed by atoms with van der Waals surface area (Å²) < 4.78 is 27.5. The average molecular weight is 312 g/mol. The van der Waals surface area contributed by atoms with Crippen LogP contribution in [0.1, 0.15) is 35.0 Å². The number of fused-ring (bicyclic) bond motifs is 1. The number of aliphatic hydroxyl groups excluding tert-OH is 1. The van der Waals surface area contributed by atoms with Crippen molar-refractivity contribution in [3.63, 3.8) is 0 Å². The molecular weight excluding hydrogens is 296 g/mol. The van der Waals surface area contributed by atoms with Crippen LogP contribution in [0.15, 0.2) is 28.6 Å². The van der Waals surface area contributed by atoms with E-state index in [4.69, 9.17) is 5.11 Å². The van der Waals surface area contributed by atoms with Gasteiger partial charge in [-0.3, -0.25) is 0 Å². The van der Waals surface area contributed by atoms with E-state index in [-0.39, 0.29) is 17.5 Å². The first-order valence-corrected chi connectivity index (χ1v) is 8.83. The van der Waals surface area contributed by atoms with Gasteiger partial charge in [-0.25, -0.2) is 13.1 Å². The molecule has 1 atom stereocenters. The maximum absolute atomic E-state index is 12.4. The molecule has 1 aliphatic carbocycles. The third-order valence-electron chi connectivity index (χ3n) is 3.55. The van der Waals surface area contributed by atoms with Crippen LogP contribution in [0.4, 0.5) is 0 Å². The van der Waals surface area contributed by atoms with Gasteiger partial charge in [-0.2, -0.15) is 0 Å². The summed E-state index contributed by atoms with van der Waals surface area (Å²) in [5.74, 6) is 0. The van der Waals surface area contributed by atoms with Gasteiger partial charge in [0.2, 0.25) is 10.0 Å². The van der Waals surface area contributed by atoms with Crippen molar-refractivity contribution in [1.82, 2.24) is 9.71 Å². The summed E-state index contributed by atoms with van der Waals surface area (Å²) >= 11 is 1.68. The number of aromatic nitrogens is 1. The van der Waals surface area contributed by atoms with E-state index in [2.05, 4.69) is 9.71 Å². The number of nitrogens with one attached hydrogen (secondary N) is 2. The number of H-pyrrole nitrogens is 1. The normalized spacial score (nSPS) is 18.9. The van der Waals surface area contributed by atoms with E-state index < -0.39 is 10.0 Å². The van der Waals surface area contributed by atoms with Crippen LogP contribution in [-0.2, 0) is 23.1 Å². The molecule has 7 heteroatoms. The average Bonchev–Trinajstić information content (AvgIpc) is 3.08. The number of hydrogen-bond donors (Lipinski definition) is 3. The molecule has 3 rings (SSSR count). The van der Waals surface area contributed by atoms with Crippen molar-refractivity contribution in [2.24, 2.45) is 0 Å². The van der Waals surface area contributed by atoms with E-state index in [1.165, 1.54) is 17.1 Å². The predicted octanol–water partition coefficient (Wildman–Crippen LogP) is 1.92. The van der Waals surface area contributed by atoms with Gasteiger partial charge in [0.15, 0.2) is 0 Å². The summed E-state index contributed by atoms with van der Waals surface area (Å²) in [7, 11) is -3.56. The molecule has 0 aliphatic heterocycles. The maximum Gasteiger partial charge on any atom is 0.242 e. The topological polar surface area (TPSA) is 82.2 Å². The van der Waals surface area contributed by atoms with E-state index in [1.54, 1.807) is 11.3 Å². The van der Waals surface area contributed by atoms with E-state index in [0.29, 0.717) is 5.69 Å². The first kappa shape index (κ1) is 13.8. The number of aliphatic hydroxyl groups is 1. The van der Waals surface area contributed by atoms with Crippen molar-refractivity contribution < 1.29 is 13.5 Å². The molecule has 2 heterocycles. The van der Waals surface area contributed by atoms with Crippen LogP contribution in [0.3, 0.4) is 0 Å². The highest BCUT2D eigenvalue weighted by molar-refractivity contribution is 7.89. The second-order valence-electron chi connectivity index (χ2n) is 4.88. The Balaban J connectivity index is 1.84. The third kappa shape index (κ3) is 2.54. The number of rotatable bonds is 4. The largest absolute Gasteiger partial charge is 0.390 e. The van der Waals surface area contributed by atoms with Gasteiger partial charge in [0, 0.05) is 22.8 Å². The van der Waals surface area contributed by atoms with Gasteiger partial charge in [0.1, 0.15) is 0 Å². The lowest BCUT2D eigenvalue weighted by molar-refractivity contribution is 0.277. The van der Waals surface area contributed by atoms with Gasteiger partial charge in [-0.15, -0.1) is 11.3 Å². The standard InChI is InChI=1S/C13H16N2O3S2/c16-8-9-6-10(7-14-9)20(17,18)15-12-2-1-3-13-11(12)4-5-19-13/h4-7,12,14-16H,1-3,8H2. The molecule has 2 aromatic rings. The molecule has 0 saturated heterocycles. The van der Waals surface area contributed by atoms with Crippen LogP contribution in [0.2, 0.25) is 0 Å². The molecule has 0 spiro atoms. The zero-order valence-electron chi connectivity index (χ0n) is 10.8. The predicted molar refractivity (Wildman–Crippen MR) is 77.0 cm³/mol. The van der Waals surface area contributed by atoms with Gasteiger partial charge >= 0.3 is 0 Å². The summed E-state index contributed by atoms with van der Waals surface area (Å²) in [4.78, 5) is 4.19. The summed E-state index contributed by atoms with van der Waals surface area (Å²) in [6.07, 6.45) is 4.26. The molecular formula is C13H16N2O3S2. The van der Waals surface area contributed by atoms with Gasteiger partial charge in [-0.05, 0) is 42.3 Å². The molecule has 0 saturated carbocycles. The van der Waals surface area contributed by atoms with Crippen molar-refractivity contribution in [3.05, 3.63) is 39.8 Å². The van der Waals surface area contributed by atoms with Crippen molar-refractivity contribution >= 4 is 21.4 Å². The lowest BCUT2D eigenvalue weighted by atomic mass is 9.95. The van der Waals surface area contributed by atoms with Crippen LogP contribution in [0.5, 0.6) is 0 Å². The Hall–Kier alpha value is -1.15. The highest BCUT2D eigenvalue weighted by atomic mass is 32.2. The minimum atomic E-state index is -3.56. The molecule has 1 aliphatic rings. The number of thiophene rings is 1. The molecule has 0 radical (unpaired) electrons. The Morgan fingerprint density at radius 1 is 1.50 bits per heavy atom. The van der Waals surface area contributed by atoms with Crippen LogP contribution < -0.4 is 4.72 Å². The van der Waals surface area contributed by atoms with E-state index in [1.807, 2.05) is 11.4 Å². The van der Waals surface area contributed by atoms with E-state index >= 15 is 0 Å². The molecule has 3 N–H and O–H groups in total. The summed E-state index contributed by atoms with van der Waals surface area (Å²) in [6, 6.07) is 3.31. The zero-order valence-corrected chi connectivity index (χ0v) is 12.4. The highest BCUT2D eigenvalue weighted by Gasteiger charge is 2.26. The highest BCUT2D eigenvalue weighted by Crippen LogP contribution is 2.34. The Labute approximate surface area is 121 Å². The van der Waals surface area contributed by atoms with E-state index in [9.17, 15) is 8.42 Å². The third-order valence-corrected chi connectivity index (χ3v) is 5.99. The second-order valence-corrected chi connectivity index (χ2v) is 7.60. The molecule has 0 aromatic carbocycles. The molecule has 1 unspecified atom stereocenters. The Bertz CT molecular complexity index is 703. The van der Waals surface area contributed by atoms with E-state index in [0.717, 1.165) is 24.8 Å². The number of sulfonamides is 1. The fourth-order valence-electron chi connectivity index (χ4n) is 2.53. The molecule has 5 nitrogen and oxygen atoms in total. The van der Waals surface area contributed by atoms with Crippen LogP contribution in [-0.4, -0.2) is 18.5 Å². The van der Waals surface area contributed by atoms with Crippen molar-refractivity contribution in [3.8, 4) is 0 Å². The van der Waals surface area contributed by atoms with Crippen LogP contribution >= 0.6 is 11.3 Å². The fourth-order valence-corrected chi connectivity index (χ4v) is 4.78. The van der Waals surface area contributed by atoms with Crippen molar-refractivity contribution in [1.29, 1.82) is 0 Å². The zero-order chi connectivity index (χ0) is 14.2. The maximum atomic E-state index is 12.4. The lowest BCUT2D eigenvalue weighted by Gasteiger charge is -2.23. The second kappa shape index (κ2) is 5.33. The van der Waals surface area contributed by atoms with Gasteiger partial charge < -0.3 is 10.1 Å². The first-order valence-electron chi connectivity index (χ1n) is 6.47. The Kier molecular flexibility index (Phi) is 3.68. The smallest absolute Gasteiger partial charge is 0.242 e. The van der Waals surface area contributed by atoms with Gasteiger partial charge in [-0.1, -0.05) is 0 Å². The van der Waals surface area contributed by atoms with Crippen LogP contribution in [0, 0.1) is 0 Å². The minimum absolute atomic E-state index is 0.150. The molecule has 0 amide bonds. The van der Waals surface area contributed by atoms with Crippen molar-refractivity contribution in [2.45, 2.75) is 36.8 Å². The minimum Gasteiger partial charge on any atom is -0.390 e. The van der Waals surface area contributed by atoms with Gasteiger partial charge in [0.05, 0.1) is 11.5 Å². The fraction of sp³-hybridized carbons (Fsp3) is 0.385. The number of aromatic amines is 1. The van der Waals surface area contributed by atoms with Gasteiger partial charge in [0.25, 0.3) is 0 Å². The number of hydrogen-bond acceptors (Lipinski definition) is 4. The Morgan fingerprint density at radius 2 is 2.35 bits per heavy atom. The molecule has 0 bridgehead atoms. The van der Waals surface area contributed by atoms with Crippen LogP contribution in [0.25, 0.3) is 0 Å². The SMILES string of the molecule is O=S(=O)(NC1CCCc2sccc21)c1c[nH]c(CO)c1. The lowest BCUT2D eigenvalue weighted by Crippen LogP contribution is -2.30. The molecule has 2 aromatic heterocycles. The monoisotopic (exact) mass is 312 g/mol. The summed E-state index contributed by atoms with van der Waals surface area (Å²) in [5, 5.41) is 11.0. The van der Waals surface area contributed by atoms with Crippen molar-refractivity contribution in [2.75, 3.05) is 0 Å². The molecule has 0 fully saturated rings. The summed E-state index contributed by atoms with van der Waals surface area (Å²) in [5.41, 5.74) is 1.59. The molecule has 20 heavy (non-hydrogen) atoms. The first-order chi connectivity index (χ1) is 9.60. The Morgan fingerprint density at radius 3 is 3.10 bits per heavy atom. The number of aryl methyl sites for hydroxylation is 1.